The van der Waals surface area contributed by atoms with Crippen LogP contribution in [0, 0.1) is 33.5 Å². The maximum atomic E-state index is 13.6. The van der Waals surface area contributed by atoms with Crippen LogP contribution in [0.5, 0.6) is 5.75 Å². The number of carbonyl (C=O) groups is 1. The Morgan fingerprint density at radius 2 is 1.63 bits per heavy atom. The smallest absolute Gasteiger partial charge is 0.275 e. The molecule has 2 rings (SSSR count). The maximum Gasteiger partial charge on any atom is 0.275 e. The first-order valence-corrected chi connectivity index (χ1v) is 9.83. The predicted octanol–water partition coefficient (Wildman–Crippen LogP) is 2.84. The SMILES string of the molecule is Cc1cc(C)c(C)c(S(=O)(=O)NNC(=O)[C@@H](C)Oc2ccccc2F)c1C. The van der Waals surface area contributed by atoms with E-state index in [0.29, 0.717) is 11.1 Å². The Bertz CT molecular complexity index is 948. The molecule has 146 valence electrons. The molecule has 0 saturated heterocycles. The summed E-state index contributed by atoms with van der Waals surface area (Å²) in [5.41, 5.74) is 5.01. The lowest BCUT2D eigenvalue weighted by molar-refractivity contribution is -0.127. The van der Waals surface area contributed by atoms with Crippen LogP contribution in [0.15, 0.2) is 35.2 Å². The van der Waals surface area contributed by atoms with E-state index in [1.54, 1.807) is 19.9 Å². The van der Waals surface area contributed by atoms with Gasteiger partial charge in [0.2, 0.25) is 0 Å². The summed E-state index contributed by atoms with van der Waals surface area (Å²) in [5.74, 6) is -1.45. The van der Waals surface area contributed by atoms with Crippen molar-refractivity contribution in [3.05, 3.63) is 58.4 Å². The van der Waals surface area contributed by atoms with Crippen molar-refractivity contribution in [1.82, 2.24) is 10.3 Å². The number of hydrogen-bond donors (Lipinski definition) is 2. The quantitative estimate of drug-likeness (QED) is 0.738. The second-order valence-electron chi connectivity index (χ2n) is 6.37. The van der Waals surface area contributed by atoms with Crippen LogP contribution < -0.4 is 15.0 Å². The molecule has 6 nitrogen and oxygen atoms in total. The van der Waals surface area contributed by atoms with E-state index in [4.69, 9.17) is 4.74 Å². The molecule has 0 saturated carbocycles. The molecule has 0 aliphatic rings. The highest BCUT2D eigenvalue weighted by atomic mass is 32.2. The Labute approximate surface area is 158 Å². The Morgan fingerprint density at radius 1 is 1.07 bits per heavy atom. The van der Waals surface area contributed by atoms with Gasteiger partial charge >= 0.3 is 0 Å². The number of rotatable bonds is 6. The number of sulfonamides is 1. The first-order chi connectivity index (χ1) is 12.5. The summed E-state index contributed by atoms with van der Waals surface area (Å²) in [6.07, 6.45) is -1.11. The fraction of sp³-hybridized carbons (Fsp3) is 0.316. The van der Waals surface area contributed by atoms with Crippen LogP contribution in [-0.2, 0) is 14.8 Å². The molecular formula is C19H23FN2O4S. The monoisotopic (exact) mass is 394 g/mol. The number of amides is 1. The van der Waals surface area contributed by atoms with E-state index in [0.717, 1.165) is 11.1 Å². The summed E-state index contributed by atoms with van der Waals surface area (Å²) in [7, 11) is -3.99. The molecule has 0 spiro atoms. The second kappa shape index (κ2) is 8.06. The number of carbonyl (C=O) groups excluding carboxylic acids is 1. The van der Waals surface area contributed by atoms with Crippen LogP contribution >= 0.6 is 0 Å². The van der Waals surface area contributed by atoms with Crippen LogP contribution in [0.25, 0.3) is 0 Å². The van der Waals surface area contributed by atoms with E-state index in [1.165, 1.54) is 25.1 Å². The van der Waals surface area contributed by atoms with Gasteiger partial charge in [0.1, 0.15) is 0 Å². The maximum absolute atomic E-state index is 13.6. The van der Waals surface area contributed by atoms with Crippen molar-refractivity contribution < 1.29 is 22.3 Å². The predicted molar refractivity (Wildman–Crippen MR) is 100 cm³/mol. The number of benzene rings is 2. The Hall–Kier alpha value is -2.45. The largest absolute Gasteiger partial charge is 0.478 e. The van der Waals surface area contributed by atoms with Gasteiger partial charge in [0.15, 0.2) is 17.7 Å². The van der Waals surface area contributed by atoms with Gasteiger partial charge in [-0.3, -0.25) is 10.2 Å². The fourth-order valence-electron chi connectivity index (χ4n) is 2.64. The first-order valence-electron chi connectivity index (χ1n) is 8.35. The molecule has 0 heterocycles. The molecule has 0 aliphatic heterocycles. The highest BCUT2D eigenvalue weighted by molar-refractivity contribution is 7.89. The molecule has 2 N–H and O–H groups in total. The van der Waals surface area contributed by atoms with Gasteiger partial charge in [0.05, 0.1) is 4.90 Å². The van der Waals surface area contributed by atoms with Gasteiger partial charge in [-0.15, -0.1) is 4.83 Å². The van der Waals surface area contributed by atoms with E-state index in [-0.39, 0.29) is 10.6 Å². The van der Waals surface area contributed by atoms with Crippen LogP contribution in [0.2, 0.25) is 0 Å². The summed E-state index contributed by atoms with van der Waals surface area (Å²) in [6, 6.07) is 7.55. The number of aryl methyl sites for hydroxylation is 2. The molecule has 0 aliphatic carbocycles. The minimum Gasteiger partial charge on any atom is -0.478 e. The third-order valence-electron chi connectivity index (χ3n) is 4.38. The Balaban J connectivity index is 2.14. The molecule has 8 heteroatoms. The lowest BCUT2D eigenvalue weighted by Gasteiger charge is -2.18. The third kappa shape index (κ3) is 4.64. The third-order valence-corrected chi connectivity index (χ3v) is 5.90. The molecule has 1 atom stereocenters. The van der Waals surface area contributed by atoms with Crippen LogP contribution in [0.3, 0.4) is 0 Å². The lowest BCUT2D eigenvalue weighted by atomic mass is 10.0. The molecule has 0 radical (unpaired) electrons. The van der Waals surface area contributed by atoms with Gasteiger partial charge in [0, 0.05) is 0 Å². The molecule has 0 bridgehead atoms. The topological polar surface area (TPSA) is 84.5 Å². The van der Waals surface area contributed by atoms with Crippen molar-refractivity contribution in [1.29, 1.82) is 0 Å². The van der Waals surface area contributed by atoms with Gasteiger partial charge in [-0.05, 0) is 69.0 Å². The van der Waals surface area contributed by atoms with Crippen LogP contribution in [0.4, 0.5) is 4.39 Å². The molecule has 0 aromatic heterocycles. The summed E-state index contributed by atoms with van der Waals surface area (Å²) in [5, 5.41) is 0. The zero-order chi connectivity index (χ0) is 20.4. The number of ether oxygens (including phenoxy) is 1. The average molecular weight is 394 g/mol. The number of nitrogens with one attached hydrogen (secondary N) is 2. The van der Waals surface area contributed by atoms with E-state index in [1.807, 2.05) is 19.9 Å². The van der Waals surface area contributed by atoms with E-state index in [2.05, 4.69) is 10.3 Å². The van der Waals surface area contributed by atoms with Crippen molar-refractivity contribution in [2.45, 2.75) is 45.6 Å². The Kier molecular flexibility index (Phi) is 6.22. The molecule has 2 aromatic carbocycles. The number of hydrazine groups is 1. The summed E-state index contributed by atoms with van der Waals surface area (Å²) >= 11 is 0. The van der Waals surface area contributed by atoms with Crippen LogP contribution in [0.1, 0.15) is 29.2 Å². The highest BCUT2D eigenvalue weighted by Crippen LogP contribution is 2.25. The van der Waals surface area contributed by atoms with Gasteiger partial charge < -0.3 is 4.74 Å². The minimum atomic E-state index is -3.99. The second-order valence-corrected chi connectivity index (χ2v) is 7.99. The number of hydrogen-bond acceptors (Lipinski definition) is 4. The minimum absolute atomic E-state index is 0.0935. The van der Waals surface area contributed by atoms with Crippen LogP contribution in [-0.4, -0.2) is 20.4 Å². The normalized spacial score (nSPS) is 12.5. The van der Waals surface area contributed by atoms with Gasteiger partial charge in [0.25, 0.3) is 15.9 Å². The summed E-state index contributed by atoms with van der Waals surface area (Å²) in [6.45, 7) is 8.46. The highest BCUT2D eigenvalue weighted by Gasteiger charge is 2.24. The van der Waals surface area contributed by atoms with E-state index < -0.39 is 27.9 Å². The van der Waals surface area contributed by atoms with Gasteiger partial charge in [-0.2, -0.15) is 0 Å². The molecule has 27 heavy (non-hydrogen) atoms. The standard InChI is InChI=1S/C19H23FN2O4S/c1-11-10-12(2)14(4)18(13(11)3)27(24,25)22-21-19(23)15(5)26-17-9-7-6-8-16(17)20/h6-10,15,22H,1-5H3,(H,21,23)/t15-/m1/s1. The van der Waals surface area contributed by atoms with Gasteiger partial charge in [-0.25, -0.2) is 12.8 Å². The van der Waals surface area contributed by atoms with E-state index in [9.17, 15) is 17.6 Å². The molecule has 0 fully saturated rings. The molecule has 2 aromatic rings. The average Bonchev–Trinajstić information content (AvgIpc) is 2.60. The number of para-hydroxylation sites is 1. The van der Waals surface area contributed by atoms with Crippen molar-refractivity contribution in [2.24, 2.45) is 0 Å². The Morgan fingerprint density at radius 3 is 2.19 bits per heavy atom. The van der Waals surface area contributed by atoms with Crippen molar-refractivity contribution in [3.8, 4) is 5.75 Å². The lowest BCUT2D eigenvalue weighted by Crippen LogP contribution is -2.47. The molecule has 1 amide bonds. The number of halogens is 1. The molecule has 0 unspecified atom stereocenters. The van der Waals surface area contributed by atoms with Crippen molar-refractivity contribution in [2.75, 3.05) is 0 Å². The van der Waals surface area contributed by atoms with Crippen molar-refractivity contribution in [3.63, 3.8) is 0 Å². The summed E-state index contributed by atoms with van der Waals surface area (Å²) in [4.78, 5) is 14.4. The molecular weight excluding hydrogens is 371 g/mol. The summed E-state index contributed by atoms with van der Waals surface area (Å²) < 4.78 is 44.2. The zero-order valence-corrected chi connectivity index (χ0v) is 16.7. The first kappa shape index (κ1) is 20.9. The fourth-order valence-corrected chi connectivity index (χ4v) is 4.10. The van der Waals surface area contributed by atoms with Gasteiger partial charge in [-0.1, -0.05) is 18.2 Å². The zero-order valence-electron chi connectivity index (χ0n) is 15.9. The van der Waals surface area contributed by atoms with Crippen molar-refractivity contribution >= 4 is 15.9 Å². The van der Waals surface area contributed by atoms with E-state index >= 15 is 0 Å².